The van der Waals surface area contributed by atoms with Crippen molar-refractivity contribution in [2.45, 2.75) is 5.41 Å². The molecule has 1 atom stereocenters. The molecule has 10 aromatic rings. The van der Waals surface area contributed by atoms with Crippen LogP contribution in [0.15, 0.2) is 249 Å². The van der Waals surface area contributed by atoms with Crippen molar-refractivity contribution in [2.75, 3.05) is 4.90 Å². The average molecular weight is 764 g/mol. The number of hydrogen-bond acceptors (Lipinski definition) is 1. The van der Waals surface area contributed by atoms with Gasteiger partial charge in [0.1, 0.15) is 0 Å². The van der Waals surface area contributed by atoms with Crippen LogP contribution in [-0.2, 0) is 5.41 Å². The number of rotatable bonds is 9. The van der Waals surface area contributed by atoms with Crippen LogP contribution in [0.3, 0.4) is 0 Å². The number of nitrogens with zero attached hydrogens (tertiary/aromatic N) is 1. The third-order valence-electron chi connectivity index (χ3n) is 12.3. The number of hydrogen-bond donors (Lipinski definition) is 0. The highest BCUT2D eigenvalue weighted by atomic mass is 15.1. The largest absolute Gasteiger partial charge is 0.310 e. The van der Waals surface area contributed by atoms with E-state index in [0.717, 1.165) is 17.1 Å². The molecule has 0 saturated carbocycles. The predicted molar refractivity (Wildman–Crippen MR) is 252 cm³/mol. The van der Waals surface area contributed by atoms with Crippen LogP contribution in [0.5, 0.6) is 0 Å². The molecule has 11 rings (SSSR count). The van der Waals surface area contributed by atoms with Gasteiger partial charge in [0.25, 0.3) is 0 Å². The van der Waals surface area contributed by atoms with Crippen LogP contribution in [0.1, 0.15) is 44.5 Å². The Bertz CT molecular complexity index is 3060. The van der Waals surface area contributed by atoms with Crippen LogP contribution in [0.4, 0.5) is 17.1 Å². The summed E-state index contributed by atoms with van der Waals surface area (Å²) in [5.74, 6) is 0. The van der Waals surface area contributed by atoms with E-state index in [0.29, 0.717) is 0 Å². The van der Waals surface area contributed by atoms with E-state index in [1.807, 2.05) is 0 Å². The monoisotopic (exact) mass is 763 g/mol. The predicted octanol–water partition coefficient (Wildman–Crippen LogP) is 15.2. The van der Waals surface area contributed by atoms with Crippen molar-refractivity contribution in [3.63, 3.8) is 0 Å². The van der Waals surface area contributed by atoms with Gasteiger partial charge in [0.15, 0.2) is 0 Å². The maximum absolute atomic E-state index is 2.47. The number of benzene rings is 10. The maximum atomic E-state index is 2.47. The Labute approximate surface area is 351 Å². The second-order valence-electron chi connectivity index (χ2n) is 15.6. The van der Waals surface area contributed by atoms with Gasteiger partial charge in [-0.15, -0.1) is 0 Å². The molecular weight excluding hydrogens is 723 g/mol. The van der Waals surface area contributed by atoms with Crippen LogP contribution in [0.2, 0.25) is 0 Å². The van der Waals surface area contributed by atoms with E-state index in [1.165, 1.54) is 77.2 Å². The van der Waals surface area contributed by atoms with Gasteiger partial charge in [-0.05, 0) is 114 Å². The van der Waals surface area contributed by atoms with Crippen molar-refractivity contribution in [3.8, 4) is 0 Å². The standard InChI is InChI=1S/C59H41N/c1-7-20-42(21-8-1)55(43-22-9-2-10-23-43)56(44-24-11-3-12-25-44)46-36-38-49(39-37-46)59(48-27-13-4-14-28-48)53-33-19-26-45-34-35-47-40-52(41-54(59)58(47)57(45)53)60(50-29-15-5-16-30-50)51-31-17-6-18-32-51/h1-41H. The lowest BCUT2D eigenvalue weighted by molar-refractivity contribution is 0.771. The molecule has 1 unspecified atom stereocenters. The molecule has 1 nitrogen and oxygen atoms in total. The topological polar surface area (TPSA) is 3.24 Å². The summed E-state index contributed by atoms with van der Waals surface area (Å²) in [4.78, 5) is 2.40. The van der Waals surface area contributed by atoms with Crippen molar-refractivity contribution in [1.29, 1.82) is 0 Å². The van der Waals surface area contributed by atoms with E-state index in [-0.39, 0.29) is 0 Å². The molecule has 0 N–H and O–H groups in total. The Balaban J connectivity index is 1.19. The van der Waals surface area contributed by atoms with Crippen molar-refractivity contribution in [1.82, 2.24) is 0 Å². The SMILES string of the molecule is c1ccc(C(=C(c2ccccc2)c2ccc(C3(c4ccccc4)c4cccc5ccc6cc(N(c7ccccc7)c7ccccc7)cc3c6c45)cc2)c2ccccc2)cc1. The highest BCUT2D eigenvalue weighted by molar-refractivity contribution is 6.17. The molecule has 1 aliphatic rings. The van der Waals surface area contributed by atoms with Gasteiger partial charge < -0.3 is 4.90 Å². The zero-order valence-corrected chi connectivity index (χ0v) is 33.1. The minimum atomic E-state index is -0.589. The molecule has 0 radical (unpaired) electrons. The summed E-state index contributed by atoms with van der Waals surface area (Å²) in [5, 5.41) is 5.14. The van der Waals surface area contributed by atoms with Crippen molar-refractivity contribution >= 4 is 49.8 Å². The van der Waals surface area contributed by atoms with Crippen LogP contribution < -0.4 is 4.90 Å². The van der Waals surface area contributed by atoms with E-state index in [1.54, 1.807) is 0 Å². The molecule has 0 fully saturated rings. The van der Waals surface area contributed by atoms with Gasteiger partial charge in [-0.25, -0.2) is 0 Å². The normalized spacial score (nSPS) is 14.1. The Morgan fingerprint density at radius 2 is 0.700 bits per heavy atom. The number of para-hydroxylation sites is 2. The highest BCUT2D eigenvalue weighted by Crippen LogP contribution is 2.57. The molecule has 60 heavy (non-hydrogen) atoms. The third kappa shape index (κ3) is 5.78. The lowest BCUT2D eigenvalue weighted by Gasteiger charge is -2.35. The third-order valence-corrected chi connectivity index (χ3v) is 12.3. The Morgan fingerprint density at radius 1 is 0.283 bits per heavy atom. The van der Waals surface area contributed by atoms with E-state index in [9.17, 15) is 0 Å². The van der Waals surface area contributed by atoms with E-state index in [4.69, 9.17) is 0 Å². The fourth-order valence-corrected chi connectivity index (χ4v) is 9.80. The van der Waals surface area contributed by atoms with Crippen molar-refractivity contribution in [3.05, 3.63) is 293 Å². The fourth-order valence-electron chi connectivity index (χ4n) is 9.80. The summed E-state index contributed by atoms with van der Waals surface area (Å²) < 4.78 is 0. The molecule has 0 saturated heterocycles. The minimum absolute atomic E-state index is 0.589. The average Bonchev–Trinajstić information content (AvgIpc) is 3.63. The summed E-state index contributed by atoms with van der Waals surface area (Å²) in [7, 11) is 0. The number of anilines is 3. The minimum Gasteiger partial charge on any atom is -0.310 e. The second kappa shape index (κ2) is 14.9. The Morgan fingerprint density at radius 3 is 1.22 bits per heavy atom. The first-order chi connectivity index (χ1) is 29.8. The van der Waals surface area contributed by atoms with E-state index < -0.39 is 5.41 Å². The molecule has 1 aliphatic carbocycles. The molecule has 1 heteroatoms. The molecule has 0 heterocycles. The zero-order chi connectivity index (χ0) is 39.9. The van der Waals surface area contributed by atoms with Crippen LogP contribution >= 0.6 is 0 Å². The lowest BCUT2D eigenvalue weighted by Crippen LogP contribution is -2.29. The summed E-state index contributed by atoms with van der Waals surface area (Å²) in [5.41, 5.74) is 15.0. The highest BCUT2D eigenvalue weighted by Gasteiger charge is 2.45. The van der Waals surface area contributed by atoms with Gasteiger partial charge >= 0.3 is 0 Å². The van der Waals surface area contributed by atoms with Gasteiger partial charge in [-0.2, -0.15) is 0 Å². The smallest absolute Gasteiger partial charge is 0.0714 e. The molecule has 0 aliphatic heterocycles. The van der Waals surface area contributed by atoms with Gasteiger partial charge in [-0.3, -0.25) is 0 Å². The van der Waals surface area contributed by atoms with E-state index in [2.05, 4.69) is 254 Å². The lowest BCUT2D eigenvalue weighted by atomic mass is 9.67. The molecule has 10 aromatic carbocycles. The fraction of sp³-hybridized carbons (Fsp3) is 0.0169. The molecule has 0 spiro atoms. The molecule has 0 amide bonds. The quantitative estimate of drug-likeness (QED) is 0.105. The van der Waals surface area contributed by atoms with Crippen LogP contribution in [-0.4, -0.2) is 0 Å². The Kier molecular flexibility index (Phi) is 8.79. The first-order valence-corrected chi connectivity index (χ1v) is 20.8. The zero-order valence-electron chi connectivity index (χ0n) is 33.1. The summed E-state index contributed by atoms with van der Waals surface area (Å²) in [6.45, 7) is 0. The first-order valence-electron chi connectivity index (χ1n) is 20.8. The maximum Gasteiger partial charge on any atom is 0.0714 e. The molecule has 282 valence electrons. The molecular formula is C59H41N. The molecule has 0 bridgehead atoms. The Hall–Kier alpha value is -7.74. The van der Waals surface area contributed by atoms with Gasteiger partial charge in [0.05, 0.1) is 5.41 Å². The summed E-state index contributed by atoms with van der Waals surface area (Å²) in [6.07, 6.45) is 0. The van der Waals surface area contributed by atoms with Gasteiger partial charge in [-0.1, -0.05) is 212 Å². The van der Waals surface area contributed by atoms with E-state index >= 15 is 0 Å². The van der Waals surface area contributed by atoms with Crippen molar-refractivity contribution in [2.24, 2.45) is 0 Å². The van der Waals surface area contributed by atoms with Gasteiger partial charge in [0, 0.05) is 17.1 Å². The summed E-state index contributed by atoms with van der Waals surface area (Å²) in [6, 6.07) is 91.0. The first kappa shape index (κ1) is 35.4. The van der Waals surface area contributed by atoms with Crippen LogP contribution in [0.25, 0.3) is 32.7 Å². The van der Waals surface area contributed by atoms with Gasteiger partial charge in [0.2, 0.25) is 0 Å². The molecule has 0 aromatic heterocycles. The van der Waals surface area contributed by atoms with Crippen LogP contribution in [0, 0.1) is 0 Å². The van der Waals surface area contributed by atoms with Crippen molar-refractivity contribution < 1.29 is 0 Å². The summed E-state index contributed by atoms with van der Waals surface area (Å²) >= 11 is 0. The second-order valence-corrected chi connectivity index (χ2v) is 15.6.